The van der Waals surface area contributed by atoms with Gasteiger partial charge >= 0.3 is 5.97 Å². The molecule has 0 bridgehead atoms. The smallest absolute Gasteiger partial charge is 0.303 e. The second-order valence-corrected chi connectivity index (χ2v) is 6.28. The average Bonchev–Trinajstić information content (AvgIpc) is 2.58. The molecule has 0 aliphatic rings. The number of carboxylic acids is 1. The van der Waals surface area contributed by atoms with Crippen molar-refractivity contribution in [2.45, 2.75) is 83.7 Å². The highest BCUT2D eigenvalue weighted by molar-refractivity contribution is 5.66. The summed E-state index contributed by atoms with van der Waals surface area (Å²) in [5.41, 5.74) is 0. The molecule has 0 aromatic heterocycles. The normalized spacial score (nSPS) is 13.7. The Hall–Kier alpha value is -1.61. The molecule has 3 nitrogen and oxygen atoms in total. The Morgan fingerprint density at radius 2 is 1.60 bits per heavy atom. The van der Waals surface area contributed by atoms with Crippen molar-refractivity contribution in [3.8, 4) is 0 Å². The molecule has 0 amide bonds. The molecule has 0 aliphatic carbocycles. The maximum absolute atomic E-state index is 10.4. The first-order valence-corrected chi connectivity index (χ1v) is 9.70. The Morgan fingerprint density at radius 3 is 2.32 bits per heavy atom. The molecule has 25 heavy (non-hydrogen) atoms. The minimum absolute atomic E-state index is 0.259. The van der Waals surface area contributed by atoms with Crippen LogP contribution in [0.1, 0.15) is 77.6 Å². The zero-order chi connectivity index (χ0) is 18.6. The largest absolute Gasteiger partial charge is 0.481 e. The predicted octanol–water partition coefficient (Wildman–Crippen LogP) is 5.97. The van der Waals surface area contributed by atoms with Gasteiger partial charge in [-0.2, -0.15) is 0 Å². The van der Waals surface area contributed by atoms with Gasteiger partial charge in [0, 0.05) is 6.42 Å². The Labute approximate surface area is 153 Å². The number of allylic oxidation sites excluding steroid dienone is 6. The fraction of sp³-hybridized carbons (Fsp3) is 0.591. The lowest BCUT2D eigenvalue weighted by atomic mass is 10.1. The standard InChI is InChI=1S/C22H36O3/c1-2-3-4-5-6-7-8-9-12-15-18-21(23)19-16-13-10-11-14-17-20-22(24)25/h6-7,9,12-13,15-16,18,21,23H,2-5,8,10-11,14,17,19-20H2,1H3,(H,24,25)/b7-6+,12-9+,16-13+,18-15+. The summed E-state index contributed by atoms with van der Waals surface area (Å²) in [7, 11) is 0. The van der Waals surface area contributed by atoms with E-state index in [-0.39, 0.29) is 6.42 Å². The quantitative estimate of drug-likeness (QED) is 0.205. The molecule has 0 spiro atoms. The molecule has 0 heterocycles. The van der Waals surface area contributed by atoms with Gasteiger partial charge in [0.1, 0.15) is 0 Å². The van der Waals surface area contributed by atoms with Crippen LogP contribution in [0, 0.1) is 0 Å². The van der Waals surface area contributed by atoms with Crippen molar-refractivity contribution in [1.82, 2.24) is 0 Å². The third-order valence-electron chi connectivity index (χ3n) is 3.80. The van der Waals surface area contributed by atoms with Crippen molar-refractivity contribution < 1.29 is 15.0 Å². The molecule has 3 heteroatoms. The molecule has 0 saturated carbocycles. The topological polar surface area (TPSA) is 57.5 Å². The molecule has 0 aromatic carbocycles. The van der Waals surface area contributed by atoms with Gasteiger partial charge in [-0.15, -0.1) is 0 Å². The second kappa shape index (κ2) is 18.7. The number of aliphatic carboxylic acids is 1. The first kappa shape index (κ1) is 23.4. The monoisotopic (exact) mass is 348 g/mol. The van der Waals surface area contributed by atoms with Crippen molar-refractivity contribution in [1.29, 1.82) is 0 Å². The van der Waals surface area contributed by atoms with Crippen molar-refractivity contribution >= 4 is 5.97 Å². The van der Waals surface area contributed by atoms with E-state index in [1.165, 1.54) is 25.7 Å². The summed E-state index contributed by atoms with van der Waals surface area (Å²) in [6.07, 6.45) is 26.3. The zero-order valence-electron chi connectivity index (χ0n) is 15.8. The number of carboxylic acid groups (broad SMARTS) is 1. The first-order valence-electron chi connectivity index (χ1n) is 9.70. The van der Waals surface area contributed by atoms with Crippen LogP contribution in [0.2, 0.25) is 0 Å². The number of aliphatic hydroxyl groups excluding tert-OH is 1. The van der Waals surface area contributed by atoms with Crippen LogP contribution in [0.4, 0.5) is 0 Å². The molecule has 1 atom stereocenters. The van der Waals surface area contributed by atoms with Gasteiger partial charge < -0.3 is 10.2 Å². The summed E-state index contributed by atoms with van der Waals surface area (Å²) in [5.74, 6) is -0.720. The van der Waals surface area contributed by atoms with Crippen LogP contribution in [0.3, 0.4) is 0 Å². The van der Waals surface area contributed by atoms with E-state index in [1.807, 2.05) is 18.2 Å². The lowest BCUT2D eigenvalue weighted by molar-refractivity contribution is -0.137. The minimum atomic E-state index is -0.720. The summed E-state index contributed by atoms with van der Waals surface area (Å²) in [6.45, 7) is 2.22. The van der Waals surface area contributed by atoms with E-state index in [2.05, 4.69) is 31.2 Å². The summed E-state index contributed by atoms with van der Waals surface area (Å²) < 4.78 is 0. The Kier molecular flexibility index (Phi) is 17.5. The zero-order valence-corrected chi connectivity index (χ0v) is 15.8. The summed E-state index contributed by atoms with van der Waals surface area (Å²) in [6, 6.07) is 0. The molecule has 1 unspecified atom stereocenters. The van der Waals surface area contributed by atoms with Gasteiger partial charge in [0.05, 0.1) is 6.10 Å². The molecule has 0 saturated heterocycles. The lowest BCUT2D eigenvalue weighted by Crippen LogP contribution is -1.98. The SMILES string of the molecule is CCCCC/C=C/C/C=C/C=C/C(O)C/C=C/CCCCCC(=O)O. The molecule has 0 fully saturated rings. The molecule has 0 aliphatic heterocycles. The summed E-state index contributed by atoms with van der Waals surface area (Å²) in [4.78, 5) is 10.4. The van der Waals surface area contributed by atoms with E-state index >= 15 is 0 Å². The maximum Gasteiger partial charge on any atom is 0.303 e. The first-order chi connectivity index (χ1) is 12.2. The number of carbonyl (C=O) groups is 1. The van der Waals surface area contributed by atoms with E-state index in [4.69, 9.17) is 5.11 Å². The van der Waals surface area contributed by atoms with Crippen molar-refractivity contribution in [3.63, 3.8) is 0 Å². The van der Waals surface area contributed by atoms with Gasteiger partial charge in [-0.1, -0.05) is 74.8 Å². The van der Waals surface area contributed by atoms with Crippen molar-refractivity contribution in [2.24, 2.45) is 0 Å². The average molecular weight is 349 g/mol. The molecule has 2 N–H and O–H groups in total. The van der Waals surface area contributed by atoms with Gasteiger partial charge in [-0.05, 0) is 44.9 Å². The van der Waals surface area contributed by atoms with Crippen LogP contribution in [0.5, 0.6) is 0 Å². The number of hydrogen-bond acceptors (Lipinski definition) is 2. The van der Waals surface area contributed by atoms with Crippen LogP contribution in [-0.2, 0) is 4.79 Å². The van der Waals surface area contributed by atoms with Crippen LogP contribution in [0.15, 0.2) is 48.6 Å². The number of hydrogen-bond donors (Lipinski definition) is 2. The fourth-order valence-corrected chi connectivity index (χ4v) is 2.30. The van der Waals surface area contributed by atoms with Gasteiger partial charge in [0.15, 0.2) is 0 Å². The highest BCUT2D eigenvalue weighted by atomic mass is 16.4. The van der Waals surface area contributed by atoms with E-state index in [1.54, 1.807) is 6.08 Å². The lowest BCUT2D eigenvalue weighted by Gasteiger charge is -1.99. The van der Waals surface area contributed by atoms with Crippen LogP contribution in [-0.4, -0.2) is 22.3 Å². The third-order valence-corrected chi connectivity index (χ3v) is 3.80. The number of aliphatic hydroxyl groups is 1. The fourth-order valence-electron chi connectivity index (χ4n) is 2.30. The van der Waals surface area contributed by atoms with Gasteiger partial charge in [0.2, 0.25) is 0 Å². The molecule has 0 aromatic rings. The van der Waals surface area contributed by atoms with Gasteiger partial charge in [-0.3, -0.25) is 4.79 Å². The van der Waals surface area contributed by atoms with Crippen molar-refractivity contribution in [3.05, 3.63) is 48.6 Å². The van der Waals surface area contributed by atoms with E-state index in [0.717, 1.165) is 32.1 Å². The number of rotatable bonds is 16. The highest BCUT2D eigenvalue weighted by Gasteiger charge is 1.96. The Morgan fingerprint density at radius 1 is 0.880 bits per heavy atom. The summed E-state index contributed by atoms with van der Waals surface area (Å²) >= 11 is 0. The predicted molar refractivity (Wildman–Crippen MR) is 107 cm³/mol. The molecule has 142 valence electrons. The number of unbranched alkanes of at least 4 members (excludes halogenated alkanes) is 6. The van der Waals surface area contributed by atoms with Crippen molar-refractivity contribution in [2.75, 3.05) is 0 Å². The van der Waals surface area contributed by atoms with E-state index < -0.39 is 12.1 Å². The highest BCUT2D eigenvalue weighted by Crippen LogP contribution is 2.05. The van der Waals surface area contributed by atoms with Crippen LogP contribution < -0.4 is 0 Å². The maximum atomic E-state index is 10.4. The molecule has 0 radical (unpaired) electrons. The van der Waals surface area contributed by atoms with Crippen LogP contribution in [0.25, 0.3) is 0 Å². The third kappa shape index (κ3) is 20.3. The molecule has 0 rings (SSSR count). The van der Waals surface area contributed by atoms with Gasteiger partial charge in [-0.25, -0.2) is 0 Å². The van der Waals surface area contributed by atoms with Gasteiger partial charge in [0.25, 0.3) is 0 Å². The molecular formula is C22H36O3. The minimum Gasteiger partial charge on any atom is -0.481 e. The van der Waals surface area contributed by atoms with E-state index in [0.29, 0.717) is 6.42 Å². The van der Waals surface area contributed by atoms with E-state index in [9.17, 15) is 9.90 Å². The Balaban J connectivity index is 3.58. The molecular weight excluding hydrogens is 312 g/mol. The second-order valence-electron chi connectivity index (χ2n) is 6.28. The Bertz CT molecular complexity index is 419. The van der Waals surface area contributed by atoms with Crippen LogP contribution >= 0.6 is 0 Å². The summed E-state index contributed by atoms with van der Waals surface area (Å²) in [5, 5.41) is 18.4.